The molecule has 1 saturated heterocycles. The van der Waals surface area contributed by atoms with E-state index in [0.29, 0.717) is 11.9 Å². The molecule has 2 rings (SSSR count). The second-order valence-electron chi connectivity index (χ2n) is 5.23. The molecule has 1 atom stereocenters. The quantitative estimate of drug-likeness (QED) is 0.867. The van der Waals surface area contributed by atoms with Crippen molar-refractivity contribution in [2.75, 3.05) is 36.0 Å². The minimum absolute atomic E-state index is 0.183. The number of aliphatic hydroxyl groups excluding tert-OH is 1. The summed E-state index contributed by atoms with van der Waals surface area (Å²) in [7, 11) is 0. The van der Waals surface area contributed by atoms with Crippen LogP contribution in [0.4, 0.5) is 11.9 Å². The number of hydrogen-bond acceptors (Lipinski definition) is 6. The predicted molar refractivity (Wildman–Crippen MR) is 85.1 cm³/mol. The van der Waals surface area contributed by atoms with E-state index in [2.05, 4.69) is 38.6 Å². The maximum Gasteiger partial charge on any atom is 0.231 e. The molecule has 0 aliphatic carbocycles. The number of hydrogen-bond donors (Lipinski definition) is 1. The average molecular weight is 314 g/mol. The molecule has 0 bridgehead atoms. The molecule has 118 valence electrons. The van der Waals surface area contributed by atoms with E-state index in [9.17, 15) is 5.11 Å². The van der Waals surface area contributed by atoms with Crippen LogP contribution < -0.4 is 9.80 Å². The third-order valence-corrected chi connectivity index (χ3v) is 4.15. The largest absolute Gasteiger partial charge is 0.396 e. The van der Waals surface area contributed by atoms with Crippen molar-refractivity contribution in [3.05, 3.63) is 5.28 Å². The van der Waals surface area contributed by atoms with Gasteiger partial charge >= 0.3 is 0 Å². The molecule has 1 aromatic rings. The molecule has 0 spiro atoms. The summed E-state index contributed by atoms with van der Waals surface area (Å²) in [5, 5.41) is 9.47. The van der Waals surface area contributed by atoms with Crippen LogP contribution in [-0.4, -0.2) is 52.3 Å². The van der Waals surface area contributed by atoms with Crippen LogP contribution in [0.15, 0.2) is 0 Å². The Bertz CT molecular complexity index is 453. The zero-order valence-electron chi connectivity index (χ0n) is 12.8. The van der Waals surface area contributed by atoms with E-state index in [1.807, 2.05) is 0 Å². The lowest BCUT2D eigenvalue weighted by Gasteiger charge is -2.35. The van der Waals surface area contributed by atoms with E-state index < -0.39 is 0 Å². The maximum atomic E-state index is 9.24. The van der Waals surface area contributed by atoms with Gasteiger partial charge in [-0.25, -0.2) is 0 Å². The van der Waals surface area contributed by atoms with Crippen LogP contribution in [0.25, 0.3) is 0 Å². The Balaban J connectivity index is 2.28. The maximum absolute atomic E-state index is 9.24. The van der Waals surface area contributed by atoms with E-state index in [0.717, 1.165) is 38.9 Å². The van der Waals surface area contributed by atoms with Crippen molar-refractivity contribution in [1.82, 2.24) is 15.0 Å². The highest BCUT2D eigenvalue weighted by molar-refractivity contribution is 6.28. The van der Waals surface area contributed by atoms with Crippen LogP contribution in [0, 0.1) is 0 Å². The summed E-state index contributed by atoms with van der Waals surface area (Å²) >= 11 is 6.09. The highest BCUT2D eigenvalue weighted by Crippen LogP contribution is 2.25. The van der Waals surface area contributed by atoms with Gasteiger partial charge in [0.25, 0.3) is 0 Å². The molecule has 7 heteroatoms. The van der Waals surface area contributed by atoms with Gasteiger partial charge in [0, 0.05) is 32.3 Å². The summed E-state index contributed by atoms with van der Waals surface area (Å²) < 4.78 is 0. The zero-order chi connectivity index (χ0) is 15.2. The van der Waals surface area contributed by atoms with Crippen LogP contribution in [0.1, 0.15) is 39.5 Å². The number of piperidine rings is 1. The Morgan fingerprint density at radius 1 is 1.24 bits per heavy atom. The summed E-state index contributed by atoms with van der Waals surface area (Å²) in [6, 6.07) is 0.284. The van der Waals surface area contributed by atoms with Gasteiger partial charge in [0.15, 0.2) is 0 Å². The SMILES string of the molecule is CCN(CC)c1nc(Cl)nc(N2CCCCC2CCO)n1. The van der Waals surface area contributed by atoms with Crippen LogP contribution in [0.5, 0.6) is 0 Å². The smallest absolute Gasteiger partial charge is 0.231 e. The summed E-state index contributed by atoms with van der Waals surface area (Å²) in [5.41, 5.74) is 0. The van der Waals surface area contributed by atoms with Gasteiger partial charge in [0.1, 0.15) is 0 Å². The molecule has 0 aromatic carbocycles. The third kappa shape index (κ3) is 3.95. The lowest BCUT2D eigenvalue weighted by atomic mass is 10.0. The summed E-state index contributed by atoms with van der Waals surface area (Å²) in [5.74, 6) is 1.26. The molecular formula is C14H24ClN5O. The second kappa shape index (κ2) is 7.75. The number of nitrogens with zero attached hydrogens (tertiary/aromatic N) is 5. The molecule has 0 radical (unpaired) electrons. The van der Waals surface area contributed by atoms with Gasteiger partial charge in [-0.05, 0) is 51.1 Å². The molecule has 1 fully saturated rings. The highest BCUT2D eigenvalue weighted by atomic mass is 35.5. The van der Waals surface area contributed by atoms with Gasteiger partial charge in [-0.15, -0.1) is 0 Å². The van der Waals surface area contributed by atoms with Crippen molar-refractivity contribution in [3.8, 4) is 0 Å². The number of anilines is 2. The monoisotopic (exact) mass is 313 g/mol. The van der Waals surface area contributed by atoms with Crippen molar-refractivity contribution in [2.24, 2.45) is 0 Å². The van der Waals surface area contributed by atoms with Gasteiger partial charge in [-0.2, -0.15) is 15.0 Å². The van der Waals surface area contributed by atoms with Crippen molar-refractivity contribution in [3.63, 3.8) is 0 Å². The third-order valence-electron chi connectivity index (χ3n) is 3.98. The Morgan fingerprint density at radius 2 is 2.00 bits per heavy atom. The summed E-state index contributed by atoms with van der Waals surface area (Å²) in [6.45, 7) is 6.88. The summed E-state index contributed by atoms with van der Waals surface area (Å²) in [4.78, 5) is 17.4. The fourth-order valence-corrected chi connectivity index (χ4v) is 2.97. The fraction of sp³-hybridized carbons (Fsp3) is 0.786. The number of halogens is 1. The lowest BCUT2D eigenvalue weighted by molar-refractivity contribution is 0.261. The molecule has 1 N–H and O–H groups in total. The first-order valence-corrected chi connectivity index (χ1v) is 8.11. The van der Waals surface area contributed by atoms with Crippen LogP contribution in [-0.2, 0) is 0 Å². The highest BCUT2D eigenvalue weighted by Gasteiger charge is 2.25. The Morgan fingerprint density at radius 3 is 2.67 bits per heavy atom. The molecule has 1 unspecified atom stereocenters. The van der Waals surface area contributed by atoms with E-state index in [1.54, 1.807) is 0 Å². The van der Waals surface area contributed by atoms with Crippen LogP contribution in [0.2, 0.25) is 5.28 Å². The van der Waals surface area contributed by atoms with Gasteiger partial charge in [0.2, 0.25) is 17.2 Å². The molecule has 6 nitrogen and oxygen atoms in total. The van der Waals surface area contributed by atoms with Crippen molar-refractivity contribution in [1.29, 1.82) is 0 Å². The minimum Gasteiger partial charge on any atom is -0.396 e. The second-order valence-corrected chi connectivity index (χ2v) is 5.57. The number of rotatable bonds is 6. The molecule has 0 saturated carbocycles. The van der Waals surface area contributed by atoms with Gasteiger partial charge in [0.05, 0.1) is 0 Å². The number of aliphatic hydroxyl groups is 1. The van der Waals surface area contributed by atoms with E-state index in [4.69, 9.17) is 11.6 Å². The minimum atomic E-state index is 0.183. The standard InChI is InChI=1S/C14H24ClN5O/c1-3-19(4-2)13-16-12(15)17-14(18-13)20-9-6-5-7-11(20)8-10-21/h11,21H,3-10H2,1-2H3. The molecule has 1 aliphatic rings. The molecular weight excluding hydrogens is 290 g/mol. The molecule has 0 amide bonds. The molecule has 1 aromatic heterocycles. The Labute approximate surface area is 131 Å². The first-order valence-electron chi connectivity index (χ1n) is 7.73. The number of aromatic nitrogens is 3. The van der Waals surface area contributed by atoms with Crippen LogP contribution >= 0.6 is 11.6 Å². The topological polar surface area (TPSA) is 65.4 Å². The first-order chi connectivity index (χ1) is 10.2. The lowest BCUT2D eigenvalue weighted by Crippen LogP contribution is -2.41. The zero-order valence-corrected chi connectivity index (χ0v) is 13.6. The van der Waals surface area contributed by atoms with E-state index in [1.165, 1.54) is 6.42 Å². The van der Waals surface area contributed by atoms with Gasteiger partial charge in [-0.1, -0.05) is 0 Å². The molecule has 2 heterocycles. The van der Waals surface area contributed by atoms with Crippen LogP contribution in [0.3, 0.4) is 0 Å². The van der Waals surface area contributed by atoms with Gasteiger partial charge in [-0.3, -0.25) is 0 Å². The predicted octanol–water partition coefficient (Wildman–Crippen LogP) is 2.11. The van der Waals surface area contributed by atoms with Crippen molar-refractivity contribution in [2.45, 2.75) is 45.6 Å². The Hall–Kier alpha value is -1.14. The van der Waals surface area contributed by atoms with E-state index in [-0.39, 0.29) is 17.9 Å². The van der Waals surface area contributed by atoms with Crippen molar-refractivity contribution < 1.29 is 5.11 Å². The normalized spacial score (nSPS) is 18.9. The average Bonchev–Trinajstić information content (AvgIpc) is 2.49. The van der Waals surface area contributed by atoms with Gasteiger partial charge < -0.3 is 14.9 Å². The first kappa shape index (κ1) is 16.2. The fourth-order valence-electron chi connectivity index (χ4n) is 2.82. The molecule has 21 heavy (non-hydrogen) atoms. The summed E-state index contributed by atoms with van der Waals surface area (Å²) in [6.07, 6.45) is 4.10. The Kier molecular flexibility index (Phi) is 5.99. The molecule has 1 aliphatic heterocycles. The van der Waals surface area contributed by atoms with E-state index >= 15 is 0 Å². The van der Waals surface area contributed by atoms with Crippen molar-refractivity contribution >= 4 is 23.5 Å².